The van der Waals surface area contributed by atoms with E-state index in [2.05, 4.69) is 31.1 Å². The molecule has 4 unspecified atom stereocenters. The van der Waals surface area contributed by atoms with Gasteiger partial charge in [0.2, 0.25) is 5.91 Å². The largest absolute Gasteiger partial charge is 0.453 e. The van der Waals surface area contributed by atoms with Gasteiger partial charge in [-0.05, 0) is 42.5 Å². The van der Waals surface area contributed by atoms with Crippen molar-refractivity contribution in [2.75, 3.05) is 20.8 Å². The second-order valence-electron chi connectivity index (χ2n) is 11.4. The molecule has 0 aliphatic heterocycles. The van der Waals surface area contributed by atoms with Crippen LogP contribution in [-0.2, 0) is 32.0 Å². The maximum absolute atomic E-state index is 13.4. The molecule has 47 heavy (non-hydrogen) atoms. The minimum absolute atomic E-state index is 0.104. The first kappa shape index (κ1) is 36.5. The maximum atomic E-state index is 13.4. The Labute approximate surface area is 275 Å². The number of carbonyl (C=O) groups excluding carboxylic acids is 4. The number of alkyl carbamates (subject to hydrolysis) is 2. The van der Waals surface area contributed by atoms with Crippen molar-refractivity contribution in [3.63, 3.8) is 0 Å². The summed E-state index contributed by atoms with van der Waals surface area (Å²) in [7, 11) is 2.41. The molecule has 3 aromatic rings. The summed E-state index contributed by atoms with van der Waals surface area (Å²) in [4.78, 5) is 54.6. The van der Waals surface area contributed by atoms with Crippen LogP contribution >= 0.6 is 0 Å². The first-order valence-electron chi connectivity index (χ1n) is 15.3. The molecular formula is C34H44N6O7. The molecule has 4 atom stereocenters. The number of hydrazine groups is 1. The fourth-order valence-corrected chi connectivity index (χ4v) is 4.74. The average Bonchev–Trinajstić information content (AvgIpc) is 3.07. The van der Waals surface area contributed by atoms with E-state index in [1.54, 1.807) is 20.0 Å². The number of amides is 4. The van der Waals surface area contributed by atoms with Crippen LogP contribution in [0, 0.1) is 5.92 Å². The summed E-state index contributed by atoms with van der Waals surface area (Å²) < 4.78 is 9.31. The van der Waals surface area contributed by atoms with Gasteiger partial charge in [-0.15, -0.1) is 0 Å². The molecule has 0 saturated heterocycles. The highest BCUT2D eigenvalue weighted by Crippen LogP contribution is 2.18. The number of carbonyl (C=O) groups is 4. The number of ether oxygens (including phenoxy) is 2. The number of benzene rings is 2. The van der Waals surface area contributed by atoms with Gasteiger partial charge in [-0.1, -0.05) is 74.5 Å². The molecule has 0 saturated carbocycles. The number of nitrogens with one attached hydrogen (secondary N) is 4. The molecule has 0 aliphatic carbocycles. The SMILES string of the molecule is COC(=O)NC(C)C(=O)NN(Cc1ccc(-c2ccccn2)cc1)CC(O)C(Cc1ccccc1)NC(=O)C(NC(=O)OC)C(C)C. The van der Waals surface area contributed by atoms with Gasteiger partial charge in [0.25, 0.3) is 5.91 Å². The van der Waals surface area contributed by atoms with Crippen LogP contribution in [0.15, 0.2) is 79.0 Å². The molecule has 0 fully saturated rings. The van der Waals surface area contributed by atoms with E-state index in [1.807, 2.05) is 72.8 Å². The van der Waals surface area contributed by atoms with E-state index in [-0.39, 0.29) is 25.4 Å². The summed E-state index contributed by atoms with van der Waals surface area (Å²) in [5, 5.41) is 21.0. The monoisotopic (exact) mass is 648 g/mol. The van der Waals surface area contributed by atoms with E-state index in [4.69, 9.17) is 4.74 Å². The Morgan fingerprint density at radius 3 is 2.02 bits per heavy atom. The predicted octanol–water partition coefficient (Wildman–Crippen LogP) is 2.80. The second-order valence-corrected chi connectivity index (χ2v) is 11.4. The quantitative estimate of drug-likeness (QED) is 0.156. The summed E-state index contributed by atoms with van der Waals surface area (Å²) >= 11 is 0. The van der Waals surface area contributed by atoms with Crippen LogP contribution in [0.5, 0.6) is 0 Å². The molecule has 13 nitrogen and oxygen atoms in total. The fraction of sp³-hybridized carbons (Fsp3) is 0.382. The Balaban J connectivity index is 1.86. The van der Waals surface area contributed by atoms with Crippen molar-refractivity contribution in [1.29, 1.82) is 0 Å². The molecule has 0 spiro atoms. The number of aliphatic hydroxyl groups excluding tert-OH is 1. The summed E-state index contributed by atoms with van der Waals surface area (Å²) in [6, 6.07) is 19.9. The third-order valence-electron chi connectivity index (χ3n) is 7.38. The summed E-state index contributed by atoms with van der Waals surface area (Å²) in [5.41, 5.74) is 6.18. The van der Waals surface area contributed by atoms with Crippen LogP contribution in [0.2, 0.25) is 0 Å². The molecule has 3 rings (SSSR count). The number of nitrogens with zero attached hydrogens (tertiary/aromatic N) is 2. The van der Waals surface area contributed by atoms with Crippen LogP contribution in [0.3, 0.4) is 0 Å². The Bertz CT molecular complexity index is 1440. The molecule has 0 radical (unpaired) electrons. The molecule has 4 amide bonds. The van der Waals surface area contributed by atoms with Crippen LogP contribution in [0.4, 0.5) is 9.59 Å². The Hall–Kier alpha value is -5.01. The van der Waals surface area contributed by atoms with Gasteiger partial charge in [0, 0.05) is 24.8 Å². The number of hydrogen-bond acceptors (Lipinski definition) is 9. The maximum Gasteiger partial charge on any atom is 0.407 e. The minimum Gasteiger partial charge on any atom is -0.453 e. The normalized spacial score (nSPS) is 13.5. The Morgan fingerprint density at radius 2 is 1.43 bits per heavy atom. The third-order valence-corrected chi connectivity index (χ3v) is 7.38. The van der Waals surface area contributed by atoms with Gasteiger partial charge in [-0.25, -0.2) is 14.6 Å². The first-order chi connectivity index (χ1) is 22.5. The van der Waals surface area contributed by atoms with Gasteiger partial charge < -0.3 is 30.5 Å². The molecule has 1 aromatic heterocycles. The van der Waals surface area contributed by atoms with Crippen molar-refractivity contribution in [2.45, 2.75) is 58.0 Å². The van der Waals surface area contributed by atoms with Crippen molar-refractivity contribution in [2.24, 2.45) is 5.92 Å². The number of rotatable bonds is 15. The van der Waals surface area contributed by atoms with Gasteiger partial charge in [-0.3, -0.25) is 20.0 Å². The lowest BCUT2D eigenvalue weighted by Crippen LogP contribution is -2.58. The summed E-state index contributed by atoms with van der Waals surface area (Å²) in [6.45, 7) is 5.14. The van der Waals surface area contributed by atoms with Crippen molar-refractivity contribution in [3.8, 4) is 11.3 Å². The van der Waals surface area contributed by atoms with Crippen LogP contribution in [0.25, 0.3) is 11.3 Å². The summed E-state index contributed by atoms with van der Waals surface area (Å²) in [6.07, 6.45) is -0.739. The van der Waals surface area contributed by atoms with Crippen molar-refractivity contribution in [1.82, 2.24) is 31.4 Å². The zero-order chi connectivity index (χ0) is 34.3. The highest BCUT2D eigenvalue weighted by atomic mass is 16.5. The third kappa shape index (κ3) is 11.7. The van der Waals surface area contributed by atoms with E-state index >= 15 is 0 Å². The molecule has 5 N–H and O–H groups in total. The topological polar surface area (TPSA) is 171 Å². The Morgan fingerprint density at radius 1 is 0.787 bits per heavy atom. The van der Waals surface area contributed by atoms with Crippen LogP contribution in [0.1, 0.15) is 31.9 Å². The van der Waals surface area contributed by atoms with Gasteiger partial charge in [-0.2, -0.15) is 0 Å². The molecule has 2 aromatic carbocycles. The standard InChI is InChI=1S/C34H44N6O7/c1-22(2)30(38-34(45)47-5)32(43)37-28(19-24-11-7-6-8-12-24)29(41)21-40(39-31(42)23(3)36-33(44)46-4)20-25-14-16-26(17-15-25)27-13-9-10-18-35-27/h6-18,22-23,28-30,41H,19-21H2,1-5H3,(H,36,44)(H,37,43)(H,38,45)(H,39,42). The number of aliphatic hydroxyl groups is 1. The number of aromatic nitrogens is 1. The van der Waals surface area contributed by atoms with E-state index in [0.717, 1.165) is 22.4 Å². The molecule has 0 bridgehead atoms. The van der Waals surface area contributed by atoms with Gasteiger partial charge in [0.05, 0.1) is 32.1 Å². The molecule has 1 heterocycles. The van der Waals surface area contributed by atoms with Gasteiger partial charge in [0.1, 0.15) is 12.1 Å². The molecular weight excluding hydrogens is 604 g/mol. The zero-order valence-electron chi connectivity index (χ0n) is 27.3. The molecule has 0 aliphatic rings. The number of hydrogen-bond donors (Lipinski definition) is 5. The number of methoxy groups -OCH3 is 2. The summed E-state index contributed by atoms with van der Waals surface area (Å²) in [5.74, 6) is -1.32. The fourth-order valence-electron chi connectivity index (χ4n) is 4.74. The van der Waals surface area contributed by atoms with E-state index < -0.39 is 48.2 Å². The minimum atomic E-state index is -1.19. The predicted molar refractivity (Wildman–Crippen MR) is 175 cm³/mol. The van der Waals surface area contributed by atoms with Crippen molar-refractivity contribution >= 4 is 24.0 Å². The van der Waals surface area contributed by atoms with Gasteiger partial charge >= 0.3 is 12.2 Å². The highest BCUT2D eigenvalue weighted by molar-refractivity contribution is 5.86. The molecule has 252 valence electrons. The van der Waals surface area contributed by atoms with Gasteiger partial charge in [0.15, 0.2) is 0 Å². The first-order valence-corrected chi connectivity index (χ1v) is 15.3. The smallest absolute Gasteiger partial charge is 0.407 e. The van der Waals surface area contributed by atoms with Crippen molar-refractivity contribution in [3.05, 3.63) is 90.1 Å². The van der Waals surface area contributed by atoms with E-state index in [9.17, 15) is 24.3 Å². The number of pyridine rings is 1. The Kier molecular flexibility index (Phi) is 14.1. The second kappa shape index (κ2) is 18.2. The lowest BCUT2D eigenvalue weighted by molar-refractivity contribution is -0.130. The highest BCUT2D eigenvalue weighted by Gasteiger charge is 2.31. The zero-order valence-corrected chi connectivity index (χ0v) is 27.3. The van der Waals surface area contributed by atoms with Crippen LogP contribution in [-0.4, -0.2) is 84.1 Å². The van der Waals surface area contributed by atoms with E-state index in [1.165, 1.54) is 26.2 Å². The van der Waals surface area contributed by atoms with Crippen molar-refractivity contribution < 1.29 is 33.8 Å². The lowest BCUT2D eigenvalue weighted by Gasteiger charge is -2.32. The van der Waals surface area contributed by atoms with E-state index in [0.29, 0.717) is 0 Å². The average molecular weight is 649 g/mol. The lowest BCUT2D eigenvalue weighted by atomic mass is 9.98. The van der Waals surface area contributed by atoms with Crippen LogP contribution < -0.4 is 21.4 Å². The molecule has 13 heteroatoms.